The third-order valence-corrected chi connectivity index (χ3v) is 2.21. The highest BCUT2D eigenvalue weighted by Gasteiger charge is 2.34. The van der Waals surface area contributed by atoms with Gasteiger partial charge in [-0.3, -0.25) is 0 Å². The van der Waals surface area contributed by atoms with E-state index < -0.39 is 0 Å². The molecule has 1 aromatic rings. The summed E-state index contributed by atoms with van der Waals surface area (Å²) < 4.78 is 2.27. The summed E-state index contributed by atoms with van der Waals surface area (Å²) in [5.74, 6) is 2.23. The molecule has 14 heavy (non-hydrogen) atoms. The lowest BCUT2D eigenvalue weighted by Crippen LogP contribution is -2.56. The Labute approximate surface area is 86.5 Å². The Hall–Kier alpha value is -0.860. The van der Waals surface area contributed by atoms with E-state index in [1.54, 1.807) is 0 Å². The highest BCUT2D eigenvalue weighted by atomic mass is 15.3. The molecule has 0 bridgehead atoms. The number of aromatic amines is 1. The molecule has 0 aromatic carbocycles. The van der Waals surface area contributed by atoms with Crippen LogP contribution in [0.4, 0.5) is 0 Å². The maximum Gasteiger partial charge on any atom is 0.283 e. The predicted molar refractivity (Wildman–Crippen MR) is 57.2 cm³/mol. The van der Waals surface area contributed by atoms with Crippen LogP contribution in [0.3, 0.4) is 0 Å². The highest BCUT2D eigenvalue weighted by Crippen LogP contribution is 2.19. The Morgan fingerprint density at radius 1 is 1.07 bits per heavy atom. The van der Waals surface area contributed by atoms with Gasteiger partial charge in [0.1, 0.15) is 0 Å². The van der Waals surface area contributed by atoms with Gasteiger partial charge >= 0.3 is 0 Å². The van der Waals surface area contributed by atoms with Crippen LogP contribution in [0.5, 0.6) is 0 Å². The van der Waals surface area contributed by atoms with Crippen molar-refractivity contribution in [1.82, 2.24) is 10.2 Å². The Kier molecular flexibility index (Phi) is 2.46. The van der Waals surface area contributed by atoms with Crippen molar-refractivity contribution in [1.29, 1.82) is 0 Å². The lowest BCUT2D eigenvalue weighted by molar-refractivity contribution is -0.767. The van der Waals surface area contributed by atoms with Gasteiger partial charge in [0, 0.05) is 12.0 Å². The standard InChI is InChI=1S/C11H21N3/c1-8-12-13-9(10(2,3)4)14(8)11(5,6)7/h1-7H3/p+1. The second kappa shape index (κ2) is 3.07. The van der Waals surface area contributed by atoms with Gasteiger partial charge in [-0.1, -0.05) is 0 Å². The van der Waals surface area contributed by atoms with Crippen molar-refractivity contribution in [2.24, 2.45) is 0 Å². The fourth-order valence-electron chi connectivity index (χ4n) is 1.72. The zero-order valence-electron chi connectivity index (χ0n) is 10.4. The van der Waals surface area contributed by atoms with Crippen molar-refractivity contribution in [2.45, 2.75) is 59.4 Å². The molecule has 1 N–H and O–H groups in total. The van der Waals surface area contributed by atoms with Gasteiger partial charge < -0.3 is 0 Å². The SMILES string of the molecule is Cc1[nH]nc(C(C)(C)C)[n+]1C(C)(C)C. The van der Waals surface area contributed by atoms with Crippen LogP contribution in [-0.2, 0) is 11.0 Å². The molecule has 1 aromatic heterocycles. The van der Waals surface area contributed by atoms with E-state index in [2.05, 4.69) is 63.2 Å². The Morgan fingerprint density at radius 2 is 1.57 bits per heavy atom. The molecule has 3 heteroatoms. The van der Waals surface area contributed by atoms with Gasteiger partial charge in [-0.05, 0) is 41.5 Å². The van der Waals surface area contributed by atoms with Crippen LogP contribution in [-0.4, -0.2) is 10.2 Å². The van der Waals surface area contributed by atoms with Crippen LogP contribution in [0.1, 0.15) is 53.2 Å². The lowest BCUT2D eigenvalue weighted by Gasteiger charge is -2.23. The fourth-order valence-corrected chi connectivity index (χ4v) is 1.72. The average Bonchev–Trinajstić information content (AvgIpc) is 2.27. The maximum atomic E-state index is 4.39. The molecular formula is C11H22N3+. The highest BCUT2D eigenvalue weighted by molar-refractivity contribution is 4.94. The summed E-state index contributed by atoms with van der Waals surface area (Å²) in [5, 5.41) is 7.45. The minimum absolute atomic E-state index is 0.0814. The van der Waals surface area contributed by atoms with E-state index in [4.69, 9.17) is 0 Å². The molecule has 80 valence electrons. The first-order valence-corrected chi connectivity index (χ1v) is 5.12. The lowest BCUT2D eigenvalue weighted by atomic mass is 9.94. The first-order chi connectivity index (χ1) is 6.14. The first kappa shape index (κ1) is 11.2. The summed E-state index contributed by atoms with van der Waals surface area (Å²) >= 11 is 0. The van der Waals surface area contributed by atoms with Crippen LogP contribution < -0.4 is 4.57 Å². The molecule has 0 spiro atoms. The molecule has 0 aliphatic rings. The van der Waals surface area contributed by atoms with Gasteiger partial charge in [0.2, 0.25) is 5.82 Å². The smallest absolute Gasteiger partial charge is 0.227 e. The molecule has 0 aliphatic carbocycles. The zero-order valence-corrected chi connectivity index (χ0v) is 10.4. The van der Waals surface area contributed by atoms with Crippen LogP contribution in [0.15, 0.2) is 0 Å². The predicted octanol–water partition coefficient (Wildman–Crippen LogP) is 2.06. The Bertz CT molecular complexity index is 323. The summed E-state index contributed by atoms with van der Waals surface area (Å²) in [4.78, 5) is 0. The summed E-state index contributed by atoms with van der Waals surface area (Å²) in [6.07, 6.45) is 0. The number of aryl methyl sites for hydroxylation is 1. The quantitative estimate of drug-likeness (QED) is 0.633. The second-order valence-electron chi connectivity index (χ2n) is 5.89. The molecule has 0 radical (unpaired) electrons. The number of nitrogens with zero attached hydrogens (tertiary/aromatic N) is 2. The first-order valence-electron chi connectivity index (χ1n) is 5.12. The van der Waals surface area contributed by atoms with Gasteiger partial charge in [0.05, 0.1) is 11.0 Å². The average molecular weight is 196 g/mol. The van der Waals surface area contributed by atoms with Gasteiger partial charge in [-0.25, -0.2) is 4.57 Å². The second-order valence-corrected chi connectivity index (χ2v) is 5.89. The third-order valence-electron chi connectivity index (χ3n) is 2.21. The minimum atomic E-state index is 0.0814. The number of hydrogen-bond acceptors (Lipinski definition) is 1. The number of nitrogens with one attached hydrogen (secondary N) is 1. The van der Waals surface area contributed by atoms with Crippen LogP contribution in [0, 0.1) is 6.92 Å². The van der Waals surface area contributed by atoms with E-state index in [0.29, 0.717) is 0 Å². The molecule has 0 saturated heterocycles. The normalized spacial score (nSPS) is 13.4. The molecule has 0 amide bonds. The van der Waals surface area contributed by atoms with Crippen molar-refractivity contribution in [2.75, 3.05) is 0 Å². The van der Waals surface area contributed by atoms with Gasteiger partial charge in [0.25, 0.3) is 5.82 Å². The van der Waals surface area contributed by atoms with Crippen molar-refractivity contribution in [3.8, 4) is 0 Å². The number of aromatic nitrogens is 3. The Balaban J connectivity index is 3.35. The zero-order chi connectivity index (χ0) is 11.1. The van der Waals surface area contributed by atoms with E-state index in [-0.39, 0.29) is 11.0 Å². The fraction of sp³-hybridized carbons (Fsp3) is 0.818. The van der Waals surface area contributed by atoms with Gasteiger partial charge in [-0.15, -0.1) is 5.10 Å². The van der Waals surface area contributed by atoms with Crippen LogP contribution in [0.2, 0.25) is 0 Å². The summed E-state index contributed by atoms with van der Waals surface area (Å²) in [6, 6.07) is 0. The third kappa shape index (κ3) is 1.97. The molecule has 0 aliphatic heterocycles. The van der Waals surface area contributed by atoms with E-state index in [0.717, 1.165) is 11.6 Å². The molecule has 0 atom stereocenters. The molecule has 1 heterocycles. The van der Waals surface area contributed by atoms with Crippen molar-refractivity contribution < 1.29 is 4.57 Å². The number of hydrogen-bond donors (Lipinski definition) is 1. The summed E-state index contributed by atoms with van der Waals surface area (Å²) in [7, 11) is 0. The molecule has 0 saturated carbocycles. The molecular weight excluding hydrogens is 174 g/mol. The summed E-state index contributed by atoms with van der Waals surface area (Å²) in [6.45, 7) is 15.2. The van der Waals surface area contributed by atoms with Crippen molar-refractivity contribution in [3.05, 3.63) is 11.6 Å². The van der Waals surface area contributed by atoms with Crippen LogP contribution >= 0.6 is 0 Å². The van der Waals surface area contributed by atoms with Crippen molar-refractivity contribution >= 4 is 0 Å². The molecule has 3 nitrogen and oxygen atoms in total. The van der Waals surface area contributed by atoms with Gasteiger partial charge in [-0.2, -0.15) is 0 Å². The Morgan fingerprint density at radius 3 is 1.86 bits per heavy atom. The van der Waals surface area contributed by atoms with Gasteiger partial charge in [0.15, 0.2) is 0 Å². The minimum Gasteiger partial charge on any atom is -0.227 e. The molecule has 1 rings (SSSR count). The largest absolute Gasteiger partial charge is 0.283 e. The van der Waals surface area contributed by atoms with E-state index >= 15 is 0 Å². The topological polar surface area (TPSA) is 32.6 Å². The van der Waals surface area contributed by atoms with E-state index in [9.17, 15) is 0 Å². The summed E-state index contributed by atoms with van der Waals surface area (Å²) in [5.41, 5.74) is 0.164. The molecule has 0 unspecified atom stereocenters. The number of rotatable bonds is 0. The molecule has 0 fully saturated rings. The van der Waals surface area contributed by atoms with E-state index in [1.807, 2.05) is 0 Å². The monoisotopic (exact) mass is 196 g/mol. The number of H-pyrrole nitrogens is 1. The van der Waals surface area contributed by atoms with Crippen LogP contribution in [0.25, 0.3) is 0 Å². The maximum absolute atomic E-state index is 4.39. The van der Waals surface area contributed by atoms with E-state index in [1.165, 1.54) is 0 Å². The van der Waals surface area contributed by atoms with Crippen molar-refractivity contribution in [3.63, 3.8) is 0 Å².